The molecule has 15 nitrogen and oxygen atoms in total. The number of rotatable bonds is 10. The molecule has 0 aliphatic carbocycles. The number of benzene rings is 2. The average Bonchev–Trinajstić information content (AvgIpc) is 3.25. The van der Waals surface area contributed by atoms with Gasteiger partial charge < -0.3 is 34.1 Å². The second-order valence-corrected chi connectivity index (χ2v) is 13.4. The summed E-state index contributed by atoms with van der Waals surface area (Å²) in [5.74, 6) is 6.15. The van der Waals surface area contributed by atoms with Gasteiger partial charge in [0.15, 0.2) is 34.6 Å². The van der Waals surface area contributed by atoms with Gasteiger partial charge in [0.1, 0.15) is 6.33 Å². The van der Waals surface area contributed by atoms with E-state index in [1.54, 1.807) is 47.2 Å². The summed E-state index contributed by atoms with van der Waals surface area (Å²) in [5, 5.41) is 24.5. The molecule has 0 saturated carbocycles. The number of anilines is 3. The van der Waals surface area contributed by atoms with Crippen LogP contribution in [0, 0.1) is 0 Å². The molecule has 4 aromatic heterocycles. The van der Waals surface area contributed by atoms with Crippen LogP contribution in [0.3, 0.4) is 0 Å². The van der Waals surface area contributed by atoms with Crippen LogP contribution in [0.15, 0.2) is 67.5 Å². The first kappa shape index (κ1) is 37.2. The van der Waals surface area contributed by atoms with Gasteiger partial charge in [-0.25, -0.2) is 19.9 Å². The SMILES string of the molecule is CCNc1nccc(C2CCN(c3nncc4cc(OC)c(OC)cc34)CC2)n1.COc1cc2cnnc(N3CCC(c4ccncn4)CC3)c2cc1OC. The molecule has 2 aromatic carbocycles. The van der Waals surface area contributed by atoms with Crippen molar-refractivity contribution in [3.05, 3.63) is 78.9 Å². The molecule has 1 N–H and O–H groups in total. The first-order chi connectivity index (χ1) is 27.0. The molecular weight excluding hydrogens is 699 g/mol. The van der Waals surface area contributed by atoms with E-state index in [-0.39, 0.29) is 0 Å². The summed E-state index contributed by atoms with van der Waals surface area (Å²) < 4.78 is 21.7. The normalized spacial score (nSPS) is 15.0. The Balaban J connectivity index is 0.000000170. The van der Waals surface area contributed by atoms with Crippen molar-refractivity contribution in [3.8, 4) is 23.0 Å². The Hall–Kier alpha value is -6.12. The van der Waals surface area contributed by atoms with E-state index in [2.05, 4.69) is 55.4 Å². The van der Waals surface area contributed by atoms with E-state index >= 15 is 0 Å². The van der Waals surface area contributed by atoms with Crippen LogP contribution in [0.2, 0.25) is 0 Å². The zero-order chi connectivity index (χ0) is 38.1. The molecule has 55 heavy (non-hydrogen) atoms. The van der Waals surface area contributed by atoms with Gasteiger partial charge in [0, 0.05) is 89.9 Å². The maximum absolute atomic E-state index is 5.48. The number of methoxy groups -OCH3 is 4. The Kier molecular flexibility index (Phi) is 11.7. The van der Waals surface area contributed by atoms with Gasteiger partial charge >= 0.3 is 0 Å². The highest BCUT2D eigenvalue weighted by atomic mass is 16.5. The molecule has 6 heterocycles. The Bertz CT molecular complexity index is 2190. The maximum Gasteiger partial charge on any atom is 0.222 e. The monoisotopic (exact) mass is 745 g/mol. The first-order valence-electron chi connectivity index (χ1n) is 18.6. The van der Waals surface area contributed by atoms with Gasteiger partial charge in [0.05, 0.1) is 40.8 Å². The summed E-state index contributed by atoms with van der Waals surface area (Å²) in [7, 11) is 6.56. The summed E-state index contributed by atoms with van der Waals surface area (Å²) in [4.78, 5) is 22.0. The second-order valence-electron chi connectivity index (χ2n) is 13.4. The molecule has 0 radical (unpaired) electrons. The lowest BCUT2D eigenvalue weighted by atomic mass is 9.93. The van der Waals surface area contributed by atoms with E-state index in [9.17, 15) is 0 Å². The number of ether oxygens (including phenoxy) is 4. The van der Waals surface area contributed by atoms with Crippen molar-refractivity contribution in [2.24, 2.45) is 0 Å². The summed E-state index contributed by atoms with van der Waals surface area (Å²) in [6, 6.07) is 11.9. The van der Waals surface area contributed by atoms with E-state index in [0.717, 1.165) is 103 Å². The minimum absolute atomic E-state index is 0.421. The molecule has 15 heteroatoms. The number of hydrogen-bond acceptors (Lipinski definition) is 15. The second kappa shape index (κ2) is 17.3. The standard InChI is InChI=1S/C21H26N6O2.C19H21N5O2/c1-4-22-21-23-8-5-17(25-21)14-6-9-27(10-7-14)20-16-12-19(29-3)18(28-2)11-15(16)13-24-26-20;1-25-17-9-14-11-22-23-19(15(14)10-18(17)26-2)24-7-4-13(5-8-24)16-3-6-20-12-21-16/h5,8,11-14H,4,6-7,9-10H2,1-3H3,(H,22,23,25);3,6,9-13H,4-5,7-8H2,1-2H3. The predicted molar refractivity (Wildman–Crippen MR) is 212 cm³/mol. The lowest BCUT2D eigenvalue weighted by molar-refractivity contribution is 0.356. The van der Waals surface area contributed by atoms with Gasteiger partial charge in [-0.2, -0.15) is 10.2 Å². The summed E-state index contributed by atoms with van der Waals surface area (Å²) >= 11 is 0. The van der Waals surface area contributed by atoms with Crippen LogP contribution < -0.4 is 34.1 Å². The van der Waals surface area contributed by atoms with Crippen molar-refractivity contribution in [2.75, 3.05) is 76.3 Å². The molecule has 286 valence electrons. The van der Waals surface area contributed by atoms with E-state index in [0.29, 0.717) is 40.8 Å². The van der Waals surface area contributed by atoms with Crippen LogP contribution in [0.25, 0.3) is 21.5 Å². The van der Waals surface area contributed by atoms with Crippen LogP contribution in [0.1, 0.15) is 55.8 Å². The molecule has 2 aliphatic heterocycles. The van der Waals surface area contributed by atoms with Crippen LogP contribution in [0.5, 0.6) is 23.0 Å². The molecule has 2 aliphatic rings. The van der Waals surface area contributed by atoms with Gasteiger partial charge in [-0.3, -0.25) is 0 Å². The summed E-state index contributed by atoms with van der Waals surface area (Å²) in [6.45, 7) is 6.48. The quantitative estimate of drug-likeness (QED) is 0.172. The third kappa shape index (κ3) is 8.20. The molecule has 2 fully saturated rings. The summed E-state index contributed by atoms with van der Waals surface area (Å²) in [5.41, 5.74) is 2.22. The Morgan fingerprint density at radius 2 is 1.13 bits per heavy atom. The minimum atomic E-state index is 0.421. The molecule has 0 spiro atoms. The fraction of sp³-hybridized carbons (Fsp3) is 0.400. The molecule has 0 amide bonds. The molecule has 8 rings (SSSR count). The van der Waals surface area contributed by atoms with Crippen LogP contribution in [-0.4, -0.2) is 101 Å². The van der Waals surface area contributed by atoms with E-state index in [4.69, 9.17) is 18.9 Å². The van der Waals surface area contributed by atoms with Crippen LogP contribution >= 0.6 is 0 Å². The van der Waals surface area contributed by atoms with Crippen molar-refractivity contribution in [3.63, 3.8) is 0 Å². The Morgan fingerprint density at radius 1 is 0.636 bits per heavy atom. The molecule has 6 aromatic rings. The van der Waals surface area contributed by atoms with Gasteiger partial charge in [-0.15, -0.1) is 10.2 Å². The first-order valence-corrected chi connectivity index (χ1v) is 18.6. The van der Waals surface area contributed by atoms with E-state index in [1.807, 2.05) is 55.7 Å². The van der Waals surface area contributed by atoms with Crippen molar-refractivity contribution >= 4 is 39.1 Å². The van der Waals surface area contributed by atoms with Crippen molar-refractivity contribution in [1.29, 1.82) is 0 Å². The number of fused-ring (bicyclic) bond motifs is 2. The molecule has 2 saturated heterocycles. The largest absolute Gasteiger partial charge is 0.493 e. The van der Waals surface area contributed by atoms with Gasteiger partial charge in [-0.05, 0) is 69.0 Å². The lowest BCUT2D eigenvalue weighted by Crippen LogP contribution is -2.34. The third-order valence-electron chi connectivity index (χ3n) is 10.3. The van der Waals surface area contributed by atoms with Crippen LogP contribution in [0.4, 0.5) is 17.6 Å². The zero-order valence-electron chi connectivity index (χ0n) is 32.0. The highest BCUT2D eigenvalue weighted by Crippen LogP contribution is 2.39. The fourth-order valence-electron chi connectivity index (χ4n) is 7.42. The minimum Gasteiger partial charge on any atom is -0.493 e. The Labute approximate surface area is 320 Å². The van der Waals surface area contributed by atoms with Gasteiger partial charge in [0.2, 0.25) is 5.95 Å². The van der Waals surface area contributed by atoms with Crippen molar-refractivity contribution in [1.82, 2.24) is 40.3 Å². The molecular formula is C40H47N11O4. The van der Waals surface area contributed by atoms with Crippen molar-refractivity contribution in [2.45, 2.75) is 44.4 Å². The summed E-state index contributed by atoms with van der Waals surface area (Å²) in [6.07, 6.45) is 12.9. The smallest absolute Gasteiger partial charge is 0.222 e. The number of hydrogen-bond donors (Lipinski definition) is 1. The van der Waals surface area contributed by atoms with Crippen molar-refractivity contribution < 1.29 is 18.9 Å². The van der Waals surface area contributed by atoms with Gasteiger partial charge in [-0.1, -0.05) is 0 Å². The fourth-order valence-corrected chi connectivity index (χ4v) is 7.42. The maximum atomic E-state index is 5.48. The highest BCUT2D eigenvalue weighted by Gasteiger charge is 2.26. The Morgan fingerprint density at radius 3 is 1.60 bits per heavy atom. The molecule has 0 atom stereocenters. The van der Waals surface area contributed by atoms with E-state index in [1.165, 1.54) is 0 Å². The lowest BCUT2D eigenvalue weighted by Gasteiger charge is -2.33. The predicted octanol–water partition coefficient (Wildman–Crippen LogP) is 6.07. The number of nitrogens with one attached hydrogen (secondary N) is 1. The number of nitrogens with zero attached hydrogens (tertiary/aromatic N) is 10. The highest BCUT2D eigenvalue weighted by molar-refractivity contribution is 5.95. The zero-order valence-corrected chi connectivity index (χ0v) is 32.0. The molecule has 0 unspecified atom stereocenters. The average molecular weight is 746 g/mol. The van der Waals surface area contributed by atoms with Gasteiger partial charge in [0.25, 0.3) is 0 Å². The topological polar surface area (TPSA) is 159 Å². The third-order valence-corrected chi connectivity index (χ3v) is 10.3. The van der Waals surface area contributed by atoms with E-state index < -0.39 is 0 Å². The molecule has 0 bridgehead atoms. The van der Waals surface area contributed by atoms with Crippen LogP contribution in [-0.2, 0) is 0 Å². The number of aromatic nitrogens is 8. The number of piperidine rings is 2.